The van der Waals surface area contributed by atoms with Gasteiger partial charge in [-0.25, -0.2) is 4.98 Å². The molecule has 5 heteroatoms. The molecular formula is C19H26N4O. The monoisotopic (exact) mass is 326 g/mol. The van der Waals surface area contributed by atoms with Crippen molar-refractivity contribution in [1.29, 1.82) is 0 Å². The van der Waals surface area contributed by atoms with Crippen molar-refractivity contribution in [2.24, 2.45) is 0 Å². The molecule has 0 bridgehead atoms. The van der Waals surface area contributed by atoms with Crippen LogP contribution in [0.25, 0.3) is 0 Å². The molecule has 2 aromatic rings. The number of fused-ring (bicyclic) bond motifs is 1. The number of aromatic nitrogens is 2. The number of methoxy groups -OCH3 is 1. The summed E-state index contributed by atoms with van der Waals surface area (Å²) in [5.41, 5.74) is 3.79. The van der Waals surface area contributed by atoms with Crippen LogP contribution in [0.4, 0.5) is 11.8 Å². The summed E-state index contributed by atoms with van der Waals surface area (Å²) in [5.74, 6) is 2.52. The summed E-state index contributed by atoms with van der Waals surface area (Å²) in [5, 5.41) is 6.80. The molecule has 0 spiro atoms. The summed E-state index contributed by atoms with van der Waals surface area (Å²) < 4.78 is 5.38. The second kappa shape index (κ2) is 7.51. The first-order chi connectivity index (χ1) is 11.7. The zero-order valence-electron chi connectivity index (χ0n) is 14.7. The molecule has 0 aliphatic heterocycles. The van der Waals surface area contributed by atoms with Crippen molar-refractivity contribution < 1.29 is 4.74 Å². The van der Waals surface area contributed by atoms with E-state index in [0.29, 0.717) is 12.0 Å². The van der Waals surface area contributed by atoms with Crippen molar-refractivity contribution in [2.45, 2.75) is 45.6 Å². The number of benzene rings is 1. The maximum Gasteiger partial charge on any atom is 0.224 e. The van der Waals surface area contributed by atoms with Crippen molar-refractivity contribution in [3.05, 3.63) is 41.1 Å². The maximum atomic E-state index is 5.38. The Morgan fingerprint density at radius 1 is 1.21 bits per heavy atom. The van der Waals surface area contributed by atoms with Gasteiger partial charge in [0.15, 0.2) is 0 Å². The van der Waals surface area contributed by atoms with E-state index < -0.39 is 0 Å². The van der Waals surface area contributed by atoms with Crippen LogP contribution in [0.2, 0.25) is 0 Å². The third-order valence-corrected chi connectivity index (χ3v) is 4.42. The number of hydrogen-bond acceptors (Lipinski definition) is 5. The number of ether oxygens (including phenoxy) is 1. The molecule has 0 saturated heterocycles. The molecule has 1 unspecified atom stereocenters. The zero-order chi connectivity index (χ0) is 16.9. The van der Waals surface area contributed by atoms with Gasteiger partial charge in [0.25, 0.3) is 0 Å². The van der Waals surface area contributed by atoms with Crippen LogP contribution in [0.3, 0.4) is 0 Å². The predicted molar refractivity (Wildman–Crippen MR) is 98.0 cm³/mol. The molecule has 0 amide bonds. The molecule has 128 valence electrons. The summed E-state index contributed by atoms with van der Waals surface area (Å²) in [6.45, 7) is 4.87. The van der Waals surface area contributed by atoms with Gasteiger partial charge in [-0.15, -0.1) is 0 Å². The standard InChI is InChI=1S/C19H26N4O/c1-4-20-19-21-13(2)10-18(23-19)22-16-7-5-6-14-8-9-17(24-3)12-15(14)11-16/h8-10,12,16H,4-7,11H2,1-3H3,(H2,20,21,22,23). The number of hydrogen-bond donors (Lipinski definition) is 2. The summed E-state index contributed by atoms with van der Waals surface area (Å²) >= 11 is 0. The fourth-order valence-corrected chi connectivity index (χ4v) is 3.28. The highest BCUT2D eigenvalue weighted by Gasteiger charge is 2.18. The average molecular weight is 326 g/mol. The first-order valence-electron chi connectivity index (χ1n) is 8.70. The van der Waals surface area contributed by atoms with Gasteiger partial charge < -0.3 is 15.4 Å². The third-order valence-electron chi connectivity index (χ3n) is 4.42. The van der Waals surface area contributed by atoms with E-state index in [1.54, 1.807) is 7.11 Å². The van der Waals surface area contributed by atoms with Crippen LogP contribution >= 0.6 is 0 Å². The Hall–Kier alpha value is -2.30. The van der Waals surface area contributed by atoms with Crippen LogP contribution in [-0.4, -0.2) is 29.7 Å². The van der Waals surface area contributed by atoms with E-state index in [2.05, 4.69) is 45.7 Å². The van der Waals surface area contributed by atoms with Crippen molar-refractivity contribution in [2.75, 3.05) is 24.3 Å². The van der Waals surface area contributed by atoms with Gasteiger partial charge in [-0.1, -0.05) is 6.07 Å². The quantitative estimate of drug-likeness (QED) is 0.822. The van der Waals surface area contributed by atoms with Crippen LogP contribution < -0.4 is 15.4 Å². The molecule has 0 saturated carbocycles. The van der Waals surface area contributed by atoms with Crippen LogP contribution in [0, 0.1) is 6.92 Å². The summed E-state index contributed by atoms with van der Waals surface area (Å²) in [4.78, 5) is 8.99. The van der Waals surface area contributed by atoms with Gasteiger partial charge in [-0.3, -0.25) is 0 Å². The van der Waals surface area contributed by atoms with Crippen LogP contribution in [0.5, 0.6) is 5.75 Å². The Morgan fingerprint density at radius 3 is 2.88 bits per heavy atom. The first-order valence-corrected chi connectivity index (χ1v) is 8.70. The molecule has 1 aliphatic rings. The molecule has 1 aliphatic carbocycles. The zero-order valence-corrected chi connectivity index (χ0v) is 14.7. The van der Waals surface area contributed by atoms with Crippen molar-refractivity contribution in [3.63, 3.8) is 0 Å². The molecule has 5 nitrogen and oxygen atoms in total. The molecule has 1 aromatic heterocycles. The summed E-state index contributed by atoms with van der Waals surface area (Å²) in [7, 11) is 1.72. The van der Waals surface area contributed by atoms with Crippen molar-refractivity contribution in [3.8, 4) is 5.75 Å². The maximum absolute atomic E-state index is 5.38. The molecule has 1 atom stereocenters. The predicted octanol–water partition coefficient (Wildman–Crippen LogP) is 3.58. The molecule has 1 aromatic carbocycles. The second-order valence-corrected chi connectivity index (χ2v) is 6.32. The highest BCUT2D eigenvalue weighted by Crippen LogP contribution is 2.26. The second-order valence-electron chi connectivity index (χ2n) is 6.32. The van der Waals surface area contributed by atoms with E-state index in [1.807, 2.05) is 13.0 Å². The number of nitrogens with one attached hydrogen (secondary N) is 2. The molecule has 3 rings (SSSR count). The topological polar surface area (TPSA) is 59.1 Å². The van der Waals surface area contributed by atoms with Gasteiger partial charge in [0, 0.05) is 24.3 Å². The molecule has 0 radical (unpaired) electrons. The third kappa shape index (κ3) is 3.96. The molecular weight excluding hydrogens is 300 g/mol. The average Bonchev–Trinajstić information content (AvgIpc) is 2.75. The Kier molecular flexibility index (Phi) is 5.18. The van der Waals surface area contributed by atoms with Crippen molar-refractivity contribution in [1.82, 2.24) is 9.97 Å². The first kappa shape index (κ1) is 16.6. The minimum absolute atomic E-state index is 0.377. The Labute approximate surface area is 143 Å². The van der Waals surface area contributed by atoms with E-state index in [1.165, 1.54) is 17.5 Å². The van der Waals surface area contributed by atoms with Gasteiger partial charge in [0.05, 0.1) is 7.11 Å². The lowest BCUT2D eigenvalue weighted by Gasteiger charge is -2.18. The normalized spacial score (nSPS) is 16.9. The van der Waals surface area contributed by atoms with Gasteiger partial charge in [0.1, 0.15) is 11.6 Å². The Bertz CT molecular complexity index is 702. The van der Waals surface area contributed by atoms with Crippen molar-refractivity contribution >= 4 is 11.8 Å². The lowest BCUT2D eigenvalue weighted by atomic mass is 10.0. The van der Waals surface area contributed by atoms with Gasteiger partial charge >= 0.3 is 0 Å². The highest BCUT2D eigenvalue weighted by atomic mass is 16.5. The molecule has 1 heterocycles. The van der Waals surface area contributed by atoms with E-state index in [4.69, 9.17) is 4.74 Å². The number of rotatable bonds is 5. The fourth-order valence-electron chi connectivity index (χ4n) is 3.28. The van der Waals surface area contributed by atoms with E-state index >= 15 is 0 Å². The van der Waals surface area contributed by atoms with Crippen LogP contribution in [-0.2, 0) is 12.8 Å². The minimum Gasteiger partial charge on any atom is -0.497 e. The van der Waals surface area contributed by atoms with E-state index in [9.17, 15) is 0 Å². The number of aryl methyl sites for hydroxylation is 2. The smallest absolute Gasteiger partial charge is 0.224 e. The Balaban J connectivity index is 1.77. The molecule has 0 fully saturated rings. The number of anilines is 2. The minimum atomic E-state index is 0.377. The van der Waals surface area contributed by atoms with Crippen LogP contribution in [0.1, 0.15) is 36.6 Å². The molecule has 2 N–H and O–H groups in total. The van der Waals surface area contributed by atoms with E-state index in [-0.39, 0.29) is 0 Å². The SMILES string of the molecule is CCNc1nc(C)cc(NC2CCCc3ccc(OC)cc3C2)n1. The summed E-state index contributed by atoms with van der Waals surface area (Å²) in [6, 6.07) is 8.82. The number of nitrogens with zero attached hydrogens (tertiary/aromatic N) is 2. The Morgan fingerprint density at radius 2 is 2.08 bits per heavy atom. The van der Waals surface area contributed by atoms with Crippen LogP contribution in [0.15, 0.2) is 24.3 Å². The fraction of sp³-hybridized carbons (Fsp3) is 0.474. The summed E-state index contributed by atoms with van der Waals surface area (Å²) in [6.07, 6.45) is 4.44. The lowest BCUT2D eigenvalue weighted by Crippen LogP contribution is -2.22. The lowest BCUT2D eigenvalue weighted by molar-refractivity contribution is 0.414. The largest absolute Gasteiger partial charge is 0.497 e. The van der Waals surface area contributed by atoms with Gasteiger partial charge in [0.2, 0.25) is 5.95 Å². The highest BCUT2D eigenvalue weighted by molar-refractivity contribution is 5.44. The van der Waals surface area contributed by atoms with Gasteiger partial charge in [-0.05, 0) is 62.8 Å². The van der Waals surface area contributed by atoms with Gasteiger partial charge in [-0.2, -0.15) is 4.98 Å². The molecule has 24 heavy (non-hydrogen) atoms. The van der Waals surface area contributed by atoms with E-state index in [0.717, 1.165) is 43.1 Å².